The molecule has 0 saturated heterocycles. The Kier molecular flexibility index (Phi) is 3.33. The smallest absolute Gasteiger partial charge is 0.137 e. The second-order valence-electron chi connectivity index (χ2n) is 4.27. The number of oxime groups is 1. The molecule has 0 atom stereocenters. The fourth-order valence-electron chi connectivity index (χ4n) is 1.99. The van der Waals surface area contributed by atoms with E-state index in [0.717, 1.165) is 16.9 Å². The van der Waals surface area contributed by atoms with Gasteiger partial charge in [-0.15, -0.1) is 0 Å². The molecule has 0 aliphatic rings. The summed E-state index contributed by atoms with van der Waals surface area (Å²) in [6.45, 7) is 0.359. The van der Waals surface area contributed by atoms with Crippen LogP contribution in [0, 0.1) is 0 Å². The third kappa shape index (κ3) is 2.47. The summed E-state index contributed by atoms with van der Waals surface area (Å²) in [6, 6.07) is 13.2. The van der Waals surface area contributed by atoms with E-state index in [1.165, 1.54) is 6.21 Å². The number of para-hydroxylation sites is 1. The molecule has 5 heteroatoms. The number of imidazole rings is 1. The number of fused-ring (bicyclic) bond motifs is 1. The minimum Gasteiger partial charge on any atom is -0.487 e. The Morgan fingerprint density at radius 2 is 2.05 bits per heavy atom. The van der Waals surface area contributed by atoms with E-state index in [-0.39, 0.29) is 0 Å². The summed E-state index contributed by atoms with van der Waals surface area (Å²) in [5.74, 6) is 0.655. The van der Waals surface area contributed by atoms with Crippen molar-refractivity contribution in [2.45, 2.75) is 6.61 Å². The molecule has 0 aliphatic carbocycles. The molecule has 20 heavy (non-hydrogen) atoms. The van der Waals surface area contributed by atoms with Crippen LogP contribution in [0.2, 0.25) is 0 Å². The molecule has 0 amide bonds. The van der Waals surface area contributed by atoms with E-state index in [2.05, 4.69) is 10.1 Å². The SMILES string of the molecule is O/N=C/c1ccccc1OCc1cn2ccccc2n1. The van der Waals surface area contributed by atoms with Crippen LogP contribution in [0.1, 0.15) is 11.3 Å². The molecular formula is C15H13N3O2. The van der Waals surface area contributed by atoms with Gasteiger partial charge in [0.15, 0.2) is 0 Å². The van der Waals surface area contributed by atoms with Crippen LogP contribution < -0.4 is 4.74 Å². The van der Waals surface area contributed by atoms with Gasteiger partial charge in [0.25, 0.3) is 0 Å². The lowest BCUT2D eigenvalue weighted by Gasteiger charge is -2.06. The van der Waals surface area contributed by atoms with Crippen molar-refractivity contribution in [3.8, 4) is 5.75 Å². The number of rotatable bonds is 4. The molecule has 0 saturated carbocycles. The molecule has 0 unspecified atom stereocenters. The van der Waals surface area contributed by atoms with Gasteiger partial charge < -0.3 is 14.3 Å². The molecule has 3 rings (SSSR count). The summed E-state index contributed by atoms with van der Waals surface area (Å²) in [4.78, 5) is 4.46. The molecule has 3 aromatic rings. The fourth-order valence-corrected chi connectivity index (χ4v) is 1.99. The number of aromatic nitrogens is 2. The van der Waals surface area contributed by atoms with E-state index in [9.17, 15) is 0 Å². The van der Waals surface area contributed by atoms with Crippen LogP contribution in [0.25, 0.3) is 5.65 Å². The van der Waals surface area contributed by atoms with Crippen molar-refractivity contribution < 1.29 is 9.94 Å². The van der Waals surface area contributed by atoms with Crippen LogP contribution in [-0.4, -0.2) is 20.8 Å². The van der Waals surface area contributed by atoms with Crippen LogP contribution in [0.3, 0.4) is 0 Å². The Morgan fingerprint density at radius 1 is 1.20 bits per heavy atom. The number of pyridine rings is 1. The zero-order chi connectivity index (χ0) is 13.8. The maximum absolute atomic E-state index is 8.62. The first-order valence-electron chi connectivity index (χ1n) is 6.19. The number of nitrogens with zero attached hydrogens (tertiary/aromatic N) is 3. The Balaban J connectivity index is 1.79. The molecule has 0 fully saturated rings. The summed E-state index contributed by atoms with van der Waals surface area (Å²) >= 11 is 0. The van der Waals surface area contributed by atoms with Gasteiger partial charge in [-0.1, -0.05) is 23.4 Å². The van der Waals surface area contributed by atoms with E-state index in [4.69, 9.17) is 9.94 Å². The third-order valence-corrected chi connectivity index (χ3v) is 2.91. The van der Waals surface area contributed by atoms with Gasteiger partial charge in [-0.2, -0.15) is 0 Å². The normalized spacial score (nSPS) is 11.2. The first-order valence-corrected chi connectivity index (χ1v) is 6.19. The van der Waals surface area contributed by atoms with Crippen molar-refractivity contribution in [2.24, 2.45) is 5.16 Å². The highest BCUT2D eigenvalue weighted by atomic mass is 16.5. The van der Waals surface area contributed by atoms with Gasteiger partial charge in [-0.3, -0.25) is 0 Å². The zero-order valence-corrected chi connectivity index (χ0v) is 10.7. The number of benzene rings is 1. The van der Waals surface area contributed by atoms with Gasteiger partial charge in [0.1, 0.15) is 18.0 Å². The Bertz CT molecular complexity index is 716. The predicted octanol–water partition coefficient (Wildman–Crippen LogP) is 2.72. The molecule has 100 valence electrons. The number of ether oxygens (including phenoxy) is 1. The minimum atomic E-state index is 0.359. The minimum absolute atomic E-state index is 0.359. The van der Waals surface area contributed by atoms with Gasteiger partial charge in [0.2, 0.25) is 0 Å². The maximum Gasteiger partial charge on any atom is 0.137 e. The molecule has 0 spiro atoms. The molecule has 1 aromatic carbocycles. The van der Waals surface area contributed by atoms with Crippen molar-refractivity contribution in [2.75, 3.05) is 0 Å². The number of hydrogen-bond donors (Lipinski definition) is 1. The summed E-state index contributed by atoms with van der Waals surface area (Å²) in [5, 5.41) is 11.7. The molecule has 2 aromatic heterocycles. The molecule has 0 radical (unpaired) electrons. The first kappa shape index (κ1) is 12.2. The molecule has 0 bridgehead atoms. The summed E-state index contributed by atoms with van der Waals surface area (Å²) < 4.78 is 7.67. The van der Waals surface area contributed by atoms with E-state index in [0.29, 0.717) is 12.4 Å². The third-order valence-electron chi connectivity index (χ3n) is 2.91. The van der Waals surface area contributed by atoms with Crippen LogP contribution in [0.4, 0.5) is 0 Å². The average molecular weight is 267 g/mol. The quantitative estimate of drug-likeness (QED) is 0.449. The van der Waals surface area contributed by atoms with E-state index >= 15 is 0 Å². The lowest BCUT2D eigenvalue weighted by atomic mass is 10.2. The summed E-state index contributed by atoms with van der Waals surface area (Å²) in [6.07, 6.45) is 5.22. The van der Waals surface area contributed by atoms with Gasteiger partial charge in [0, 0.05) is 18.0 Å². The Morgan fingerprint density at radius 3 is 2.90 bits per heavy atom. The van der Waals surface area contributed by atoms with Crippen LogP contribution in [-0.2, 0) is 6.61 Å². The molecule has 2 heterocycles. The van der Waals surface area contributed by atoms with Gasteiger partial charge in [0.05, 0.1) is 11.9 Å². The Labute approximate surface area is 115 Å². The average Bonchev–Trinajstić information content (AvgIpc) is 2.89. The lowest BCUT2D eigenvalue weighted by molar-refractivity contribution is 0.300. The monoisotopic (exact) mass is 267 g/mol. The summed E-state index contributed by atoms with van der Waals surface area (Å²) in [5.41, 5.74) is 2.45. The summed E-state index contributed by atoms with van der Waals surface area (Å²) in [7, 11) is 0. The topological polar surface area (TPSA) is 59.1 Å². The molecule has 1 N–H and O–H groups in total. The standard InChI is InChI=1S/C15H13N3O2/c19-16-9-12-5-1-2-6-14(12)20-11-13-10-18-8-4-3-7-15(18)17-13/h1-10,19H,11H2/b16-9+. The van der Waals surface area contributed by atoms with Crippen LogP contribution in [0.5, 0.6) is 5.75 Å². The van der Waals surface area contributed by atoms with E-state index in [1.54, 1.807) is 0 Å². The van der Waals surface area contributed by atoms with Crippen molar-refractivity contribution >= 4 is 11.9 Å². The van der Waals surface area contributed by atoms with E-state index in [1.807, 2.05) is 59.3 Å². The van der Waals surface area contributed by atoms with Gasteiger partial charge >= 0.3 is 0 Å². The van der Waals surface area contributed by atoms with Gasteiger partial charge in [-0.05, 0) is 24.3 Å². The van der Waals surface area contributed by atoms with E-state index < -0.39 is 0 Å². The second-order valence-corrected chi connectivity index (χ2v) is 4.27. The maximum atomic E-state index is 8.62. The fraction of sp³-hybridized carbons (Fsp3) is 0.0667. The predicted molar refractivity (Wildman–Crippen MR) is 75.3 cm³/mol. The molecular weight excluding hydrogens is 254 g/mol. The lowest BCUT2D eigenvalue weighted by Crippen LogP contribution is -1.98. The van der Waals surface area contributed by atoms with Crippen molar-refractivity contribution in [3.63, 3.8) is 0 Å². The van der Waals surface area contributed by atoms with Crippen molar-refractivity contribution in [1.82, 2.24) is 9.38 Å². The number of hydrogen-bond acceptors (Lipinski definition) is 4. The Hall–Kier alpha value is -2.82. The highest BCUT2D eigenvalue weighted by Crippen LogP contribution is 2.17. The molecule has 5 nitrogen and oxygen atoms in total. The highest BCUT2D eigenvalue weighted by Gasteiger charge is 2.04. The van der Waals surface area contributed by atoms with Crippen LogP contribution in [0.15, 0.2) is 60.0 Å². The van der Waals surface area contributed by atoms with Gasteiger partial charge in [-0.25, -0.2) is 4.98 Å². The molecule has 0 aliphatic heterocycles. The first-order chi connectivity index (χ1) is 9.86. The van der Waals surface area contributed by atoms with Crippen LogP contribution >= 0.6 is 0 Å². The zero-order valence-electron chi connectivity index (χ0n) is 10.7. The second kappa shape index (κ2) is 5.44. The largest absolute Gasteiger partial charge is 0.487 e. The van der Waals surface area contributed by atoms with Crippen molar-refractivity contribution in [3.05, 3.63) is 66.1 Å². The highest BCUT2D eigenvalue weighted by molar-refractivity contribution is 5.82. The van der Waals surface area contributed by atoms with Crippen molar-refractivity contribution in [1.29, 1.82) is 0 Å².